The number of amides is 3. The zero-order valence-corrected chi connectivity index (χ0v) is 36.2. The van der Waals surface area contributed by atoms with Gasteiger partial charge < -0.3 is 29.7 Å². The van der Waals surface area contributed by atoms with Crippen molar-refractivity contribution in [1.29, 1.82) is 0 Å². The third-order valence-electron chi connectivity index (χ3n) is 14.3. The second-order valence-corrected chi connectivity index (χ2v) is 18.2. The first kappa shape index (κ1) is 41.8. The van der Waals surface area contributed by atoms with Crippen LogP contribution in [0.5, 0.6) is 0 Å². The number of urea groups is 1. The van der Waals surface area contributed by atoms with E-state index in [2.05, 4.69) is 27.1 Å². The highest BCUT2D eigenvalue weighted by Crippen LogP contribution is 2.42. The number of rotatable bonds is 10. The monoisotopic (exact) mass is 840 g/mol. The summed E-state index contributed by atoms with van der Waals surface area (Å²) in [7, 11) is 2.18. The van der Waals surface area contributed by atoms with Crippen LogP contribution < -0.4 is 10.9 Å². The maximum Gasteiger partial charge on any atom is 0.318 e. The first-order valence-electron chi connectivity index (χ1n) is 22.7. The van der Waals surface area contributed by atoms with Gasteiger partial charge in [0.15, 0.2) is 6.73 Å². The number of esters is 1. The highest BCUT2D eigenvalue weighted by Gasteiger charge is 2.44. The van der Waals surface area contributed by atoms with Crippen LogP contribution in [0.2, 0.25) is 0 Å². The van der Waals surface area contributed by atoms with Crippen LogP contribution in [0.25, 0.3) is 21.8 Å². The minimum atomic E-state index is -0.771. The Kier molecular flexibility index (Phi) is 12.2. The lowest BCUT2D eigenvalue weighted by Gasteiger charge is -2.43. The van der Waals surface area contributed by atoms with Gasteiger partial charge in [-0.15, -0.1) is 0 Å². The summed E-state index contributed by atoms with van der Waals surface area (Å²) in [4.78, 5) is 67.0. The fraction of sp³-hybridized carbons (Fsp3) is 0.490. The molecular formula is C49H60N8O5. The number of fused-ring (bicyclic) bond motifs is 2. The number of nitrogens with zero attached hydrogens (tertiary/aromatic N) is 6. The summed E-state index contributed by atoms with van der Waals surface area (Å²) >= 11 is 0. The molecule has 13 nitrogen and oxygen atoms in total. The summed E-state index contributed by atoms with van der Waals surface area (Å²) in [6, 6.07) is 23.3. The topological polar surface area (TPSA) is 136 Å². The molecule has 1 aliphatic carbocycles. The smallest absolute Gasteiger partial charge is 0.318 e. The molecule has 9 rings (SSSR count). The maximum atomic E-state index is 14.5. The SMILES string of the molecule is Cc1cc(C[C@@H](NC(=O)N2CCC(c3cc4ccccc4[nH]c3=O)CC2)C(=O)N2CCN(C3CCN(C)CC3)CC2)cc2cn(COC(=O)C3(c4ccccc4)CCCC3)nc12. The Balaban J connectivity index is 0.893. The number of piperazine rings is 1. The summed E-state index contributed by atoms with van der Waals surface area (Å²) < 4.78 is 7.65. The van der Waals surface area contributed by atoms with Crippen molar-refractivity contribution in [1.82, 2.24) is 39.7 Å². The fourth-order valence-corrected chi connectivity index (χ4v) is 10.7. The predicted molar refractivity (Wildman–Crippen MR) is 240 cm³/mol. The van der Waals surface area contributed by atoms with Crippen LogP contribution in [0.1, 0.15) is 79.5 Å². The number of ether oxygens (including phenoxy) is 1. The van der Waals surface area contributed by atoms with Gasteiger partial charge in [-0.25, -0.2) is 9.48 Å². The van der Waals surface area contributed by atoms with Crippen molar-refractivity contribution in [3.05, 3.63) is 112 Å². The van der Waals surface area contributed by atoms with Crippen molar-refractivity contribution >= 4 is 39.7 Å². The molecule has 3 amide bonds. The third-order valence-corrected chi connectivity index (χ3v) is 14.3. The number of likely N-dealkylation sites (tertiary alicyclic amines) is 2. The number of hydrogen-bond acceptors (Lipinski definition) is 8. The van der Waals surface area contributed by atoms with E-state index in [1.807, 2.05) is 90.8 Å². The largest absolute Gasteiger partial charge is 0.442 e. The van der Waals surface area contributed by atoms with Gasteiger partial charge in [0.1, 0.15) is 6.04 Å². The summed E-state index contributed by atoms with van der Waals surface area (Å²) in [5, 5.41) is 9.86. The number of hydrogen-bond donors (Lipinski definition) is 2. The standard InChI is InChI=1S/C49H60N8O5/c1-34-28-35(29-38-32-57(52-44(34)38)33-62-47(60)49(18-8-9-19-49)39-11-4-3-5-12-39)30-43(46(59)55-26-24-54(25-27-55)40-16-20-53(2)21-17-40)51-48(61)56-22-14-36(15-23-56)41-31-37-10-6-7-13-42(37)50-45(41)58/h3-7,10-13,28-29,31-32,36,40,43H,8-9,14-27,30,33H2,1-2H3,(H,50,58)(H,51,61)/t43-/m1/s1. The highest BCUT2D eigenvalue weighted by molar-refractivity contribution is 5.88. The van der Waals surface area contributed by atoms with E-state index in [0.717, 1.165) is 109 Å². The molecule has 3 aromatic carbocycles. The second kappa shape index (κ2) is 18.1. The normalized spacial score (nSPS) is 19.8. The molecule has 5 aromatic rings. The zero-order valence-electron chi connectivity index (χ0n) is 36.2. The molecule has 4 fully saturated rings. The molecule has 2 aromatic heterocycles. The van der Waals surface area contributed by atoms with Gasteiger partial charge in [-0.2, -0.15) is 5.10 Å². The zero-order chi connectivity index (χ0) is 42.8. The third kappa shape index (κ3) is 8.74. The molecule has 0 bridgehead atoms. The van der Waals surface area contributed by atoms with E-state index < -0.39 is 11.5 Å². The first-order chi connectivity index (χ1) is 30.1. The first-order valence-corrected chi connectivity index (χ1v) is 22.7. The Bertz CT molecular complexity index is 2450. The van der Waals surface area contributed by atoms with Crippen LogP contribution in [0.15, 0.2) is 83.8 Å². The van der Waals surface area contributed by atoms with Crippen molar-refractivity contribution < 1.29 is 19.1 Å². The number of carbonyl (C=O) groups is 3. The molecule has 3 saturated heterocycles. The molecule has 2 N–H and O–H groups in total. The van der Waals surface area contributed by atoms with Gasteiger partial charge in [-0.3, -0.25) is 19.3 Å². The van der Waals surface area contributed by atoms with Gasteiger partial charge in [0.2, 0.25) is 5.91 Å². The molecule has 3 aliphatic heterocycles. The van der Waals surface area contributed by atoms with E-state index in [1.54, 1.807) is 9.58 Å². The molecule has 13 heteroatoms. The minimum Gasteiger partial charge on any atom is -0.442 e. The van der Waals surface area contributed by atoms with E-state index in [4.69, 9.17) is 9.84 Å². The lowest BCUT2D eigenvalue weighted by atomic mass is 9.79. The van der Waals surface area contributed by atoms with Crippen LogP contribution in [-0.4, -0.2) is 124 Å². The van der Waals surface area contributed by atoms with Gasteiger partial charge >= 0.3 is 12.0 Å². The summed E-state index contributed by atoms with van der Waals surface area (Å²) in [6.45, 7) is 8.06. The van der Waals surface area contributed by atoms with Crippen molar-refractivity contribution in [2.45, 2.75) is 94.9 Å². The number of H-pyrrole nitrogens is 1. The second-order valence-electron chi connectivity index (χ2n) is 18.2. The Morgan fingerprint density at radius 3 is 2.29 bits per heavy atom. The number of pyridine rings is 1. The van der Waals surface area contributed by atoms with Gasteiger partial charge in [0.25, 0.3) is 5.56 Å². The lowest BCUT2D eigenvalue weighted by molar-refractivity contribution is -0.155. The van der Waals surface area contributed by atoms with Gasteiger partial charge in [-0.05, 0) is 112 Å². The van der Waals surface area contributed by atoms with Gasteiger partial charge in [0, 0.05) is 74.4 Å². The number of nitrogens with one attached hydrogen (secondary N) is 2. The molecule has 62 heavy (non-hydrogen) atoms. The van der Waals surface area contributed by atoms with E-state index >= 15 is 0 Å². The number of aromatic amines is 1. The van der Waals surface area contributed by atoms with Gasteiger partial charge in [-0.1, -0.05) is 67.4 Å². The molecule has 4 aliphatic rings. The number of aromatic nitrogens is 3. The Hall–Kier alpha value is -5.53. The summed E-state index contributed by atoms with van der Waals surface area (Å²) in [5.41, 5.74) is 4.53. The van der Waals surface area contributed by atoms with Crippen LogP contribution >= 0.6 is 0 Å². The average Bonchev–Trinajstić information content (AvgIpc) is 3.97. The van der Waals surface area contributed by atoms with Crippen LogP contribution in [0.4, 0.5) is 4.79 Å². The van der Waals surface area contributed by atoms with E-state index in [0.29, 0.717) is 51.5 Å². The van der Waals surface area contributed by atoms with Crippen molar-refractivity contribution in [3.63, 3.8) is 0 Å². The van der Waals surface area contributed by atoms with Crippen molar-refractivity contribution in [3.8, 4) is 0 Å². The molecular weight excluding hydrogens is 781 g/mol. The van der Waals surface area contributed by atoms with Crippen LogP contribution in [0.3, 0.4) is 0 Å². The average molecular weight is 841 g/mol. The number of piperidine rings is 2. The minimum absolute atomic E-state index is 0.00349. The van der Waals surface area contributed by atoms with E-state index in [1.165, 1.54) is 0 Å². The van der Waals surface area contributed by atoms with Crippen LogP contribution in [0, 0.1) is 6.92 Å². The Labute approximate surface area is 363 Å². The molecule has 5 heterocycles. The number of benzene rings is 3. The summed E-state index contributed by atoms with van der Waals surface area (Å²) in [6.07, 6.45) is 9.35. The van der Waals surface area contributed by atoms with Gasteiger partial charge in [0.05, 0.1) is 10.9 Å². The quantitative estimate of drug-likeness (QED) is 0.165. The molecule has 326 valence electrons. The fourth-order valence-electron chi connectivity index (χ4n) is 10.7. The van der Waals surface area contributed by atoms with E-state index in [9.17, 15) is 19.2 Å². The maximum absolute atomic E-state index is 14.5. The van der Waals surface area contributed by atoms with Crippen LogP contribution in [-0.2, 0) is 32.9 Å². The Morgan fingerprint density at radius 2 is 1.55 bits per heavy atom. The van der Waals surface area contributed by atoms with Crippen molar-refractivity contribution in [2.75, 3.05) is 59.4 Å². The lowest BCUT2D eigenvalue weighted by Crippen LogP contribution is -2.59. The molecule has 0 spiro atoms. The number of aryl methyl sites for hydroxylation is 1. The number of para-hydroxylation sites is 1. The molecule has 1 saturated carbocycles. The predicted octanol–water partition coefficient (Wildman–Crippen LogP) is 5.94. The molecule has 0 radical (unpaired) electrons. The van der Waals surface area contributed by atoms with E-state index in [-0.39, 0.29) is 36.1 Å². The molecule has 1 atom stereocenters. The Morgan fingerprint density at radius 1 is 0.839 bits per heavy atom. The number of carbonyl (C=O) groups excluding carboxylic acids is 3. The summed E-state index contributed by atoms with van der Waals surface area (Å²) in [5.74, 6) is -0.245. The van der Waals surface area contributed by atoms with Crippen molar-refractivity contribution in [2.24, 2.45) is 0 Å². The molecule has 0 unspecified atom stereocenters. The highest BCUT2D eigenvalue weighted by atomic mass is 16.5.